The number of aliphatic hydroxyl groups excluding tert-OH is 1. The van der Waals surface area contributed by atoms with Gasteiger partial charge in [0.25, 0.3) is 0 Å². The summed E-state index contributed by atoms with van der Waals surface area (Å²) in [5, 5.41) is 10.0. The van der Waals surface area contributed by atoms with Crippen molar-refractivity contribution in [1.82, 2.24) is 0 Å². The zero-order valence-corrected chi connectivity index (χ0v) is 14.4. The van der Waals surface area contributed by atoms with Crippen LogP contribution in [0.4, 0.5) is 0 Å². The molecule has 3 atom stereocenters. The molecule has 3 unspecified atom stereocenters. The number of hydrogen-bond acceptors (Lipinski definition) is 3. The number of rotatable bonds is 3. The summed E-state index contributed by atoms with van der Waals surface area (Å²) in [6.45, 7) is 0.719. The molecule has 25 heavy (non-hydrogen) atoms. The smallest absolute Gasteiger partial charge is 0.159 e. The number of hydrogen-bond donors (Lipinski definition) is 1. The highest BCUT2D eigenvalue weighted by Gasteiger charge is 2.21. The van der Waals surface area contributed by atoms with Crippen LogP contribution in [0.1, 0.15) is 44.1 Å². The van der Waals surface area contributed by atoms with E-state index in [1.165, 1.54) is 0 Å². The molecule has 1 fully saturated rings. The quantitative estimate of drug-likeness (QED) is 0.858. The zero-order chi connectivity index (χ0) is 17.3. The van der Waals surface area contributed by atoms with E-state index < -0.39 is 12.2 Å². The molecule has 3 rings (SSSR count). The minimum absolute atomic E-state index is 0.255. The summed E-state index contributed by atoms with van der Waals surface area (Å²) < 4.78 is 11.8. The number of aliphatic hydroxyl groups is 1. The molecular weight excluding hydrogens is 312 g/mol. The van der Waals surface area contributed by atoms with Crippen molar-refractivity contribution in [2.75, 3.05) is 6.61 Å². The van der Waals surface area contributed by atoms with Crippen molar-refractivity contribution in [2.24, 2.45) is 0 Å². The molecule has 1 N–H and O–H groups in total. The van der Waals surface area contributed by atoms with E-state index in [0.717, 1.165) is 49.8 Å². The molecule has 0 spiro atoms. The van der Waals surface area contributed by atoms with Crippen molar-refractivity contribution in [1.29, 1.82) is 0 Å². The van der Waals surface area contributed by atoms with Gasteiger partial charge >= 0.3 is 0 Å². The van der Waals surface area contributed by atoms with Crippen LogP contribution in [-0.2, 0) is 9.47 Å². The second kappa shape index (κ2) is 9.44. The highest BCUT2D eigenvalue weighted by molar-refractivity contribution is 5.61. The van der Waals surface area contributed by atoms with Crippen LogP contribution in [0, 0.1) is 23.7 Å². The maximum Gasteiger partial charge on any atom is 0.159 e. The summed E-state index contributed by atoms with van der Waals surface area (Å²) in [4.78, 5) is 0. The van der Waals surface area contributed by atoms with E-state index in [1.54, 1.807) is 0 Å². The normalized spacial score (nSPS) is 28.4. The van der Waals surface area contributed by atoms with E-state index in [-0.39, 0.29) is 6.29 Å². The summed E-state index contributed by atoms with van der Waals surface area (Å²) in [5.74, 6) is 12.4. The van der Waals surface area contributed by atoms with Crippen LogP contribution in [0.3, 0.4) is 0 Å². The molecule has 1 aliphatic heterocycles. The van der Waals surface area contributed by atoms with E-state index in [4.69, 9.17) is 9.47 Å². The molecule has 3 nitrogen and oxygen atoms in total. The monoisotopic (exact) mass is 336 g/mol. The van der Waals surface area contributed by atoms with Gasteiger partial charge in [-0.2, -0.15) is 0 Å². The molecule has 0 radical (unpaired) electrons. The van der Waals surface area contributed by atoms with Crippen LogP contribution in [0.2, 0.25) is 0 Å². The highest BCUT2D eigenvalue weighted by atomic mass is 16.7. The van der Waals surface area contributed by atoms with Gasteiger partial charge < -0.3 is 14.6 Å². The van der Waals surface area contributed by atoms with Gasteiger partial charge in [-0.3, -0.25) is 0 Å². The van der Waals surface area contributed by atoms with Crippen molar-refractivity contribution < 1.29 is 14.6 Å². The van der Waals surface area contributed by atoms with Crippen molar-refractivity contribution in [2.45, 2.75) is 57.0 Å². The van der Waals surface area contributed by atoms with Crippen LogP contribution in [0.25, 0.3) is 6.08 Å². The summed E-state index contributed by atoms with van der Waals surface area (Å²) in [6, 6.07) is 10.0. The first-order valence-electron chi connectivity index (χ1n) is 9.03. The van der Waals surface area contributed by atoms with E-state index in [2.05, 4.69) is 23.7 Å². The molecule has 1 aromatic rings. The number of benzene rings is 1. The first-order chi connectivity index (χ1) is 12.3. The summed E-state index contributed by atoms with van der Waals surface area (Å²) in [6.07, 6.45) is 5.92. The Kier molecular flexibility index (Phi) is 6.71. The van der Waals surface area contributed by atoms with Gasteiger partial charge in [0.15, 0.2) is 12.4 Å². The Morgan fingerprint density at radius 1 is 1.08 bits per heavy atom. The maximum absolute atomic E-state index is 10.0. The zero-order valence-electron chi connectivity index (χ0n) is 14.4. The lowest BCUT2D eigenvalue weighted by Crippen LogP contribution is -2.28. The van der Waals surface area contributed by atoms with Gasteiger partial charge in [-0.05, 0) is 43.7 Å². The first-order valence-corrected chi connectivity index (χ1v) is 9.03. The minimum Gasteiger partial charge on any atom is -0.380 e. The topological polar surface area (TPSA) is 38.7 Å². The molecule has 130 valence electrons. The van der Waals surface area contributed by atoms with Crippen molar-refractivity contribution in [3.05, 3.63) is 41.5 Å². The Morgan fingerprint density at radius 3 is 2.76 bits per heavy atom. The van der Waals surface area contributed by atoms with E-state index >= 15 is 0 Å². The molecule has 0 aromatic heterocycles. The molecule has 3 heteroatoms. The lowest BCUT2D eigenvalue weighted by molar-refractivity contribution is -0.169. The molecule has 1 saturated heterocycles. The third-order valence-corrected chi connectivity index (χ3v) is 4.22. The van der Waals surface area contributed by atoms with Gasteiger partial charge in [0.1, 0.15) is 6.10 Å². The Bertz CT molecular complexity index is 694. The van der Waals surface area contributed by atoms with Gasteiger partial charge in [-0.15, -0.1) is 0 Å². The molecule has 0 bridgehead atoms. The van der Waals surface area contributed by atoms with Crippen molar-refractivity contribution in [3.8, 4) is 23.7 Å². The van der Waals surface area contributed by atoms with E-state index in [1.807, 2.05) is 36.4 Å². The molecule has 1 aromatic carbocycles. The van der Waals surface area contributed by atoms with Crippen LogP contribution in [0.15, 0.2) is 35.9 Å². The fourth-order valence-electron chi connectivity index (χ4n) is 2.85. The largest absolute Gasteiger partial charge is 0.380 e. The van der Waals surface area contributed by atoms with Gasteiger partial charge in [-0.25, -0.2) is 0 Å². The average molecular weight is 336 g/mol. The third kappa shape index (κ3) is 5.76. The third-order valence-electron chi connectivity index (χ3n) is 4.22. The molecule has 1 heterocycles. The lowest BCUT2D eigenvalue weighted by atomic mass is 10.0. The van der Waals surface area contributed by atoms with Gasteiger partial charge in [0, 0.05) is 18.6 Å². The van der Waals surface area contributed by atoms with E-state index in [0.29, 0.717) is 6.42 Å². The Labute approximate surface area is 150 Å². The second-order valence-corrected chi connectivity index (χ2v) is 6.32. The van der Waals surface area contributed by atoms with E-state index in [9.17, 15) is 5.11 Å². The molecule has 0 saturated carbocycles. The van der Waals surface area contributed by atoms with Gasteiger partial charge in [-0.1, -0.05) is 54.0 Å². The fraction of sp³-hybridized carbons (Fsp3) is 0.455. The van der Waals surface area contributed by atoms with Crippen LogP contribution < -0.4 is 0 Å². The molecule has 2 aliphatic rings. The Hall–Kier alpha value is -2.04. The van der Waals surface area contributed by atoms with Crippen LogP contribution in [-0.4, -0.2) is 30.2 Å². The van der Waals surface area contributed by atoms with Crippen molar-refractivity contribution >= 4 is 6.08 Å². The Balaban J connectivity index is 1.89. The van der Waals surface area contributed by atoms with Gasteiger partial charge in [0.05, 0.1) is 0 Å². The molecular formula is C22H24O3. The van der Waals surface area contributed by atoms with Crippen LogP contribution >= 0.6 is 0 Å². The molecule has 0 amide bonds. The maximum atomic E-state index is 10.0. The fourth-order valence-corrected chi connectivity index (χ4v) is 2.85. The predicted molar refractivity (Wildman–Crippen MR) is 98.3 cm³/mol. The predicted octanol–water partition coefficient (Wildman–Crippen LogP) is 3.53. The second-order valence-electron chi connectivity index (χ2n) is 6.32. The standard InChI is InChI=1S/C22H24O3/c23-20-12-6-2-5-11-19(17-18-9-3-1-4-10-18)21(15-14-20)25-22-13-7-8-16-24-22/h1,3-4,9-10,17,20-23H,2,6-8,12-13,16H2/b19-17+. The Morgan fingerprint density at radius 2 is 1.96 bits per heavy atom. The van der Waals surface area contributed by atoms with Gasteiger partial charge in [0.2, 0.25) is 0 Å². The average Bonchev–Trinajstić information content (AvgIpc) is 2.65. The SMILES string of the molecule is OC1C#CC(OC2CCCCO2)/C(=C/c2ccccc2)C#CCCC1. The van der Waals surface area contributed by atoms with Crippen LogP contribution in [0.5, 0.6) is 0 Å². The summed E-state index contributed by atoms with van der Waals surface area (Å²) >= 11 is 0. The highest BCUT2D eigenvalue weighted by Crippen LogP contribution is 2.20. The lowest BCUT2D eigenvalue weighted by Gasteiger charge is -2.26. The molecule has 1 aliphatic carbocycles. The summed E-state index contributed by atoms with van der Waals surface area (Å²) in [5.41, 5.74) is 1.88. The minimum atomic E-state index is -0.628. The number of ether oxygens (including phenoxy) is 2. The van der Waals surface area contributed by atoms with Crippen molar-refractivity contribution in [3.63, 3.8) is 0 Å². The first kappa shape index (κ1) is 17.8. The summed E-state index contributed by atoms with van der Waals surface area (Å²) in [7, 11) is 0.